The summed E-state index contributed by atoms with van der Waals surface area (Å²) in [6, 6.07) is 12.5. The molecule has 164 valence electrons. The van der Waals surface area contributed by atoms with E-state index in [2.05, 4.69) is 22.9 Å². The number of ether oxygens (including phenoxy) is 1. The van der Waals surface area contributed by atoms with Crippen LogP contribution in [-0.4, -0.2) is 41.0 Å². The Morgan fingerprint density at radius 1 is 1.16 bits per heavy atom. The fraction of sp³-hybridized carbons (Fsp3) is 0.360. The molecule has 0 saturated carbocycles. The van der Waals surface area contributed by atoms with Gasteiger partial charge >= 0.3 is 0 Å². The van der Waals surface area contributed by atoms with E-state index in [1.165, 1.54) is 4.90 Å². The van der Waals surface area contributed by atoms with Crippen LogP contribution in [0.25, 0.3) is 5.76 Å². The summed E-state index contributed by atoms with van der Waals surface area (Å²) in [4.78, 5) is 27.5. The number of ketones is 1. The first-order chi connectivity index (χ1) is 14.7. The standard InChI is InChI=1S/C25H28BrNO4/c1-5-17-6-8-18(9-7-17)22-21(23(28)19-10-11-20(26)16(4)14-19)24(29)25(30)27(22)12-13-31-15(2)3/h6-11,14-15,22,28H,5,12-13H2,1-4H3/b23-21-. The number of carbonyl (C=O) groups is 2. The number of hydrogen-bond acceptors (Lipinski definition) is 4. The number of halogens is 1. The van der Waals surface area contributed by atoms with Gasteiger partial charge in [-0.2, -0.15) is 0 Å². The normalized spacial score (nSPS) is 18.3. The molecule has 3 rings (SSSR count). The molecule has 1 heterocycles. The van der Waals surface area contributed by atoms with Crippen LogP contribution < -0.4 is 0 Å². The van der Waals surface area contributed by atoms with Gasteiger partial charge in [-0.25, -0.2) is 0 Å². The number of hydrogen-bond donors (Lipinski definition) is 1. The van der Waals surface area contributed by atoms with Gasteiger partial charge in [0.05, 0.1) is 24.3 Å². The topological polar surface area (TPSA) is 66.8 Å². The van der Waals surface area contributed by atoms with Crippen molar-refractivity contribution in [1.29, 1.82) is 0 Å². The maximum atomic E-state index is 13.0. The molecule has 6 heteroatoms. The Bertz CT molecular complexity index is 1010. The summed E-state index contributed by atoms with van der Waals surface area (Å²) in [6.07, 6.45) is 0.908. The van der Waals surface area contributed by atoms with E-state index in [1.807, 2.05) is 51.1 Å². The number of rotatable bonds is 7. The maximum Gasteiger partial charge on any atom is 0.295 e. The summed E-state index contributed by atoms with van der Waals surface area (Å²) >= 11 is 3.45. The lowest BCUT2D eigenvalue weighted by molar-refractivity contribution is -0.140. The van der Waals surface area contributed by atoms with Crippen LogP contribution in [-0.2, 0) is 20.7 Å². The van der Waals surface area contributed by atoms with Crippen molar-refractivity contribution in [2.45, 2.75) is 46.3 Å². The third-order valence-corrected chi connectivity index (χ3v) is 6.35. The zero-order chi connectivity index (χ0) is 22.7. The highest BCUT2D eigenvalue weighted by Gasteiger charge is 2.45. The van der Waals surface area contributed by atoms with Gasteiger partial charge in [0.2, 0.25) is 0 Å². The van der Waals surface area contributed by atoms with Crippen LogP contribution in [0, 0.1) is 6.92 Å². The van der Waals surface area contributed by atoms with Crippen molar-refractivity contribution < 1.29 is 19.4 Å². The van der Waals surface area contributed by atoms with E-state index >= 15 is 0 Å². The van der Waals surface area contributed by atoms with E-state index in [0.717, 1.165) is 27.6 Å². The molecule has 1 aliphatic heterocycles. The number of benzene rings is 2. The van der Waals surface area contributed by atoms with Crippen LogP contribution in [0.2, 0.25) is 0 Å². The Hall–Kier alpha value is -2.44. The van der Waals surface area contributed by atoms with Gasteiger partial charge in [-0.15, -0.1) is 0 Å². The number of amides is 1. The van der Waals surface area contributed by atoms with E-state index < -0.39 is 17.7 Å². The Labute approximate surface area is 191 Å². The molecule has 5 nitrogen and oxygen atoms in total. The van der Waals surface area contributed by atoms with E-state index in [0.29, 0.717) is 12.2 Å². The van der Waals surface area contributed by atoms with Gasteiger partial charge < -0.3 is 14.7 Å². The molecule has 0 aromatic heterocycles. The molecular formula is C25H28BrNO4. The van der Waals surface area contributed by atoms with Gasteiger partial charge in [0.25, 0.3) is 11.7 Å². The second-order valence-electron chi connectivity index (χ2n) is 7.97. The summed E-state index contributed by atoms with van der Waals surface area (Å²) in [7, 11) is 0. The highest BCUT2D eigenvalue weighted by molar-refractivity contribution is 9.10. The molecule has 1 saturated heterocycles. The average molecular weight is 486 g/mol. The molecule has 1 N–H and O–H groups in total. The van der Waals surface area contributed by atoms with E-state index in [9.17, 15) is 14.7 Å². The van der Waals surface area contributed by atoms with E-state index in [4.69, 9.17) is 4.74 Å². The summed E-state index contributed by atoms with van der Waals surface area (Å²) in [6.45, 7) is 8.39. The van der Waals surface area contributed by atoms with Crippen molar-refractivity contribution in [2.75, 3.05) is 13.2 Å². The fourth-order valence-electron chi connectivity index (χ4n) is 3.73. The Kier molecular flexibility index (Phi) is 7.34. The maximum absolute atomic E-state index is 13.0. The molecular weight excluding hydrogens is 458 g/mol. The van der Waals surface area contributed by atoms with Gasteiger partial charge in [0, 0.05) is 16.6 Å². The van der Waals surface area contributed by atoms with Gasteiger partial charge in [-0.05, 0) is 56.0 Å². The molecule has 2 aromatic rings. The number of aryl methyl sites for hydroxylation is 2. The monoisotopic (exact) mass is 485 g/mol. The first-order valence-electron chi connectivity index (χ1n) is 10.5. The van der Waals surface area contributed by atoms with Crippen molar-refractivity contribution in [2.24, 2.45) is 0 Å². The van der Waals surface area contributed by atoms with E-state index in [1.54, 1.807) is 12.1 Å². The number of carbonyl (C=O) groups excluding carboxylic acids is 2. The lowest BCUT2D eigenvalue weighted by Gasteiger charge is -2.26. The summed E-state index contributed by atoms with van der Waals surface area (Å²) in [5.74, 6) is -1.45. The molecule has 0 spiro atoms. The first-order valence-corrected chi connectivity index (χ1v) is 11.3. The molecule has 31 heavy (non-hydrogen) atoms. The molecule has 1 atom stereocenters. The second kappa shape index (κ2) is 9.79. The second-order valence-corrected chi connectivity index (χ2v) is 8.83. The lowest BCUT2D eigenvalue weighted by atomic mass is 9.94. The smallest absolute Gasteiger partial charge is 0.295 e. The van der Waals surface area contributed by atoms with Crippen molar-refractivity contribution in [3.8, 4) is 0 Å². The molecule has 0 aliphatic carbocycles. The van der Waals surface area contributed by atoms with Gasteiger partial charge in [-0.1, -0.05) is 53.2 Å². The predicted octanol–water partition coefficient (Wildman–Crippen LogP) is 5.17. The van der Waals surface area contributed by atoms with Crippen LogP contribution in [0.4, 0.5) is 0 Å². The van der Waals surface area contributed by atoms with Gasteiger partial charge in [0.15, 0.2) is 0 Å². The summed E-state index contributed by atoms with van der Waals surface area (Å²) < 4.78 is 6.53. The molecule has 1 unspecified atom stereocenters. The Balaban J connectivity index is 2.10. The van der Waals surface area contributed by atoms with Gasteiger partial charge in [-0.3, -0.25) is 9.59 Å². The SMILES string of the molecule is CCc1ccc(C2/C(=C(/O)c3ccc(Br)c(C)c3)C(=O)C(=O)N2CCOC(C)C)cc1. The predicted molar refractivity (Wildman–Crippen MR) is 125 cm³/mol. The quantitative estimate of drug-likeness (QED) is 0.333. The van der Waals surface area contributed by atoms with Crippen LogP contribution >= 0.6 is 15.9 Å². The van der Waals surface area contributed by atoms with Crippen molar-refractivity contribution in [3.05, 3.63) is 74.8 Å². The Morgan fingerprint density at radius 3 is 2.42 bits per heavy atom. The number of likely N-dealkylation sites (tertiary alicyclic amines) is 1. The van der Waals surface area contributed by atoms with Crippen LogP contribution in [0.15, 0.2) is 52.5 Å². The zero-order valence-electron chi connectivity index (χ0n) is 18.3. The number of Topliss-reactive ketones (excluding diaryl/α,β-unsaturated/α-hetero) is 1. The van der Waals surface area contributed by atoms with Crippen LogP contribution in [0.5, 0.6) is 0 Å². The van der Waals surface area contributed by atoms with Crippen molar-refractivity contribution in [1.82, 2.24) is 4.90 Å². The summed E-state index contributed by atoms with van der Waals surface area (Å²) in [5, 5.41) is 11.1. The van der Waals surface area contributed by atoms with E-state index in [-0.39, 0.29) is 24.0 Å². The fourth-order valence-corrected chi connectivity index (χ4v) is 3.97. The minimum atomic E-state index is -0.674. The van der Waals surface area contributed by atoms with Crippen molar-refractivity contribution >= 4 is 33.4 Å². The minimum Gasteiger partial charge on any atom is -0.507 e. The third-order valence-electron chi connectivity index (χ3n) is 5.46. The molecule has 2 aromatic carbocycles. The van der Waals surface area contributed by atoms with Crippen LogP contribution in [0.3, 0.4) is 0 Å². The molecule has 0 radical (unpaired) electrons. The molecule has 0 bridgehead atoms. The third kappa shape index (κ3) is 4.91. The average Bonchev–Trinajstić information content (AvgIpc) is 3.00. The van der Waals surface area contributed by atoms with Crippen LogP contribution in [0.1, 0.15) is 49.1 Å². The number of aliphatic hydroxyl groups is 1. The first kappa shape index (κ1) is 23.2. The number of aliphatic hydroxyl groups excluding tert-OH is 1. The molecule has 1 fully saturated rings. The highest BCUT2D eigenvalue weighted by atomic mass is 79.9. The zero-order valence-corrected chi connectivity index (χ0v) is 19.9. The summed E-state index contributed by atoms with van der Waals surface area (Å²) in [5.41, 5.74) is 3.49. The van der Waals surface area contributed by atoms with Gasteiger partial charge in [0.1, 0.15) is 5.76 Å². The highest BCUT2D eigenvalue weighted by Crippen LogP contribution is 2.39. The Morgan fingerprint density at radius 2 is 1.84 bits per heavy atom. The van der Waals surface area contributed by atoms with Crippen molar-refractivity contribution in [3.63, 3.8) is 0 Å². The molecule has 1 amide bonds. The number of nitrogens with zero attached hydrogens (tertiary/aromatic N) is 1. The largest absolute Gasteiger partial charge is 0.507 e. The minimum absolute atomic E-state index is 0.0184. The molecule has 1 aliphatic rings. The lowest BCUT2D eigenvalue weighted by Crippen LogP contribution is -2.33.